The van der Waals surface area contributed by atoms with E-state index in [0.29, 0.717) is 25.2 Å². The Morgan fingerprint density at radius 3 is 2.55 bits per heavy atom. The molecule has 31 heavy (non-hydrogen) atoms. The molecule has 0 saturated carbocycles. The van der Waals surface area contributed by atoms with Gasteiger partial charge in [-0.25, -0.2) is 4.99 Å². The van der Waals surface area contributed by atoms with Crippen molar-refractivity contribution >= 4 is 17.8 Å². The second-order valence-corrected chi connectivity index (χ2v) is 7.48. The molecular formula is C24H31N5O2. The van der Waals surface area contributed by atoms with Crippen LogP contribution in [0, 0.1) is 0 Å². The van der Waals surface area contributed by atoms with Crippen LogP contribution >= 0.6 is 0 Å². The number of benzene rings is 2. The highest BCUT2D eigenvalue weighted by molar-refractivity contribution is 5.97. The largest absolute Gasteiger partial charge is 0.357 e. The van der Waals surface area contributed by atoms with Crippen LogP contribution in [0.2, 0.25) is 0 Å². The lowest BCUT2D eigenvalue weighted by molar-refractivity contribution is -0.123. The smallest absolute Gasteiger partial charge is 0.254 e. The maximum absolute atomic E-state index is 12.6. The normalized spacial score (nSPS) is 14.2. The lowest BCUT2D eigenvalue weighted by Gasteiger charge is -2.26. The van der Waals surface area contributed by atoms with Gasteiger partial charge in [0.05, 0.1) is 13.1 Å². The summed E-state index contributed by atoms with van der Waals surface area (Å²) in [4.78, 5) is 30.3. The fraction of sp³-hybridized carbons (Fsp3) is 0.375. The van der Waals surface area contributed by atoms with Crippen LogP contribution in [0.1, 0.15) is 34.8 Å². The lowest BCUT2D eigenvalue weighted by Crippen LogP contribution is -2.49. The Bertz CT molecular complexity index is 881. The second kappa shape index (κ2) is 11.7. The highest BCUT2D eigenvalue weighted by Crippen LogP contribution is 2.10. The lowest BCUT2D eigenvalue weighted by atomic mass is 10.1. The summed E-state index contributed by atoms with van der Waals surface area (Å²) in [6, 6.07) is 17.9. The van der Waals surface area contributed by atoms with Crippen molar-refractivity contribution in [2.75, 3.05) is 32.7 Å². The maximum atomic E-state index is 12.6. The molecule has 0 spiro atoms. The minimum absolute atomic E-state index is 0.113. The fourth-order valence-corrected chi connectivity index (χ4v) is 3.40. The average Bonchev–Trinajstić information content (AvgIpc) is 2.81. The molecule has 0 atom stereocenters. The molecule has 1 heterocycles. The third-order valence-corrected chi connectivity index (χ3v) is 5.07. The van der Waals surface area contributed by atoms with E-state index in [0.717, 1.165) is 37.5 Å². The van der Waals surface area contributed by atoms with E-state index in [9.17, 15) is 9.59 Å². The molecule has 3 N–H and O–H groups in total. The third kappa shape index (κ3) is 7.13. The van der Waals surface area contributed by atoms with E-state index in [1.165, 1.54) is 5.56 Å². The molecule has 0 bridgehead atoms. The number of hydrogen-bond acceptors (Lipinski definition) is 3. The third-order valence-electron chi connectivity index (χ3n) is 5.07. The number of carbonyl (C=O) groups excluding carboxylic acids is 2. The number of aliphatic imine (C=N–C) groups is 1. The van der Waals surface area contributed by atoms with Crippen molar-refractivity contribution in [2.45, 2.75) is 26.3 Å². The summed E-state index contributed by atoms with van der Waals surface area (Å²) in [5, 5.41) is 9.38. The van der Waals surface area contributed by atoms with Crippen molar-refractivity contribution in [3.8, 4) is 0 Å². The molecule has 2 aromatic carbocycles. The maximum Gasteiger partial charge on any atom is 0.254 e. The summed E-state index contributed by atoms with van der Waals surface area (Å²) >= 11 is 0. The van der Waals surface area contributed by atoms with Crippen LogP contribution < -0.4 is 16.0 Å². The Morgan fingerprint density at radius 1 is 1.06 bits per heavy atom. The zero-order valence-electron chi connectivity index (χ0n) is 18.1. The van der Waals surface area contributed by atoms with Crippen LogP contribution in [0.4, 0.5) is 0 Å². The summed E-state index contributed by atoms with van der Waals surface area (Å²) in [7, 11) is 0. The molecule has 0 unspecified atom stereocenters. The minimum Gasteiger partial charge on any atom is -0.357 e. The highest BCUT2D eigenvalue weighted by atomic mass is 16.2. The molecule has 1 aliphatic heterocycles. The van der Waals surface area contributed by atoms with E-state index < -0.39 is 0 Å². The quantitative estimate of drug-likeness (QED) is 0.346. The molecule has 164 valence electrons. The van der Waals surface area contributed by atoms with E-state index in [2.05, 4.69) is 45.2 Å². The van der Waals surface area contributed by atoms with E-state index in [4.69, 9.17) is 0 Å². The highest BCUT2D eigenvalue weighted by Gasteiger charge is 2.22. The first-order valence-electron chi connectivity index (χ1n) is 10.9. The summed E-state index contributed by atoms with van der Waals surface area (Å²) in [6.07, 6.45) is 2.06. The predicted molar refractivity (Wildman–Crippen MR) is 123 cm³/mol. The first kappa shape index (κ1) is 22.3. The molecule has 3 rings (SSSR count). The van der Waals surface area contributed by atoms with Crippen LogP contribution in [0.5, 0.6) is 0 Å². The van der Waals surface area contributed by atoms with Crippen molar-refractivity contribution < 1.29 is 9.59 Å². The van der Waals surface area contributed by atoms with Gasteiger partial charge in [-0.1, -0.05) is 42.5 Å². The molecule has 2 amide bonds. The number of guanidine groups is 1. The number of rotatable bonds is 8. The van der Waals surface area contributed by atoms with Gasteiger partial charge in [0.25, 0.3) is 5.91 Å². The van der Waals surface area contributed by atoms with E-state index >= 15 is 0 Å². The van der Waals surface area contributed by atoms with E-state index in [1.807, 2.05) is 25.1 Å². The van der Waals surface area contributed by atoms with Crippen molar-refractivity contribution in [3.63, 3.8) is 0 Å². The number of carbonyl (C=O) groups is 2. The number of amides is 2. The summed E-state index contributed by atoms with van der Waals surface area (Å²) in [6.45, 7) is 5.37. The fourth-order valence-electron chi connectivity index (χ4n) is 3.40. The minimum atomic E-state index is -0.113. The molecule has 0 radical (unpaired) electrons. The standard InChI is InChI=1S/C24H31N5O2/c1-2-25-24(27-14-6-9-19-7-4-3-5-8-19)28-17-20-10-12-21(13-11-20)23(31)29-16-15-26-22(30)18-29/h3-5,7-8,10-13H,2,6,9,14-18H2,1H3,(H,26,30)(H2,25,27,28). The number of hydrogen-bond donors (Lipinski definition) is 3. The Kier molecular flexibility index (Phi) is 8.46. The van der Waals surface area contributed by atoms with Gasteiger partial charge in [-0.2, -0.15) is 0 Å². The number of piperazine rings is 1. The average molecular weight is 422 g/mol. The van der Waals surface area contributed by atoms with Gasteiger partial charge in [0.1, 0.15) is 0 Å². The van der Waals surface area contributed by atoms with Gasteiger partial charge in [0, 0.05) is 31.7 Å². The van der Waals surface area contributed by atoms with Gasteiger partial charge in [0.2, 0.25) is 5.91 Å². The number of aryl methyl sites for hydroxylation is 1. The van der Waals surface area contributed by atoms with Crippen LogP contribution in [-0.2, 0) is 17.8 Å². The van der Waals surface area contributed by atoms with Crippen LogP contribution in [0.15, 0.2) is 59.6 Å². The zero-order chi connectivity index (χ0) is 21.9. The summed E-state index contributed by atoms with van der Waals surface area (Å²) < 4.78 is 0. The summed E-state index contributed by atoms with van der Waals surface area (Å²) in [5.41, 5.74) is 2.95. The van der Waals surface area contributed by atoms with Gasteiger partial charge < -0.3 is 20.9 Å². The molecule has 0 aromatic heterocycles. The van der Waals surface area contributed by atoms with Crippen molar-refractivity contribution in [2.24, 2.45) is 4.99 Å². The molecule has 7 heteroatoms. The number of nitrogens with zero attached hydrogens (tertiary/aromatic N) is 2. The van der Waals surface area contributed by atoms with Crippen molar-refractivity contribution in [1.29, 1.82) is 0 Å². The second-order valence-electron chi connectivity index (χ2n) is 7.48. The van der Waals surface area contributed by atoms with E-state index in [-0.39, 0.29) is 18.4 Å². The summed E-state index contributed by atoms with van der Waals surface area (Å²) in [5.74, 6) is 0.561. The van der Waals surface area contributed by atoms with Crippen LogP contribution in [-0.4, -0.2) is 55.4 Å². The molecular weight excluding hydrogens is 390 g/mol. The van der Waals surface area contributed by atoms with Gasteiger partial charge in [-0.05, 0) is 43.0 Å². The Labute approximate surface area is 183 Å². The molecule has 1 fully saturated rings. The van der Waals surface area contributed by atoms with E-state index in [1.54, 1.807) is 17.0 Å². The first-order valence-corrected chi connectivity index (χ1v) is 10.9. The molecule has 0 aliphatic carbocycles. The first-order chi connectivity index (χ1) is 15.2. The number of nitrogens with one attached hydrogen (secondary N) is 3. The van der Waals surface area contributed by atoms with Gasteiger partial charge >= 0.3 is 0 Å². The Morgan fingerprint density at radius 2 is 1.84 bits per heavy atom. The SMILES string of the molecule is CCNC(=NCc1ccc(C(=O)N2CCNC(=O)C2)cc1)NCCCc1ccccc1. The molecule has 1 saturated heterocycles. The predicted octanol–water partition coefficient (Wildman–Crippen LogP) is 1.95. The Hall–Kier alpha value is -3.35. The molecule has 2 aromatic rings. The zero-order valence-corrected chi connectivity index (χ0v) is 18.1. The molecule has 1 aliphatic rings. The topological polar surface area (TPSA) is 85.8 Å². The molecule has 7 nitrogen and oxygen atoms in total. The van der Waals surface area contributed by atoms with Crippen LogP contribution in [0.25, 0.3) is 0 Å². The van der Waals surface area contributed by atoms with Crippen LogP contribution in [0.3, 0.4) is 0 Å². The van der Waals surface area contributed by atoms with Crippen molar-refractivity contribution in [1.82, 2.24) is 20.9 Å². The van der Waals surface area contributed by atoms with Gasteiger partial charge in [-0.3, -0.25) is 9.59 Å². The monoisotopic (exact) mass is 421 g/mol. The van der Waals surface area contributed by atoms with Gasteiger partial charge in [0.15, 0.2) is 5.96 Å². The van der Waals surface area contributed by atoms with Crippen molar-refractivity contribution in [3.05, 3.63) is 71.3 Å². The Balaban J connectivity index is 1.49. The van der Waals surface area contributed by atoms with Gasteiger partial charge in [-0.15, -0.1) is 0 Å².